The van der Waals surface area contributed by atoms with Gasteiger partial charge in [-0.25, -0.2) is 4.98 Å². The normalized spacial score (nSPS) is 15.5. The number of aromatic nitrogens is 1. The van der Waals surface area contributed by atoms with Crippen LogP contribution in [0.5, 0.6) is 5.75 Å². The van der Waals surface area contributed by atoms with Crippen molar-refractivity contribution < 1.29 is 14.3 Å². The number of para-hydroxylation sites is 2. The molecule has 1 aliphatic heterocycles. The molecule has 1 atom stereocenters. The van der Waals surface area contributed by atoms with Crippen LogP contribution in [0.2, 0.25) is 0 Å². The topological polar surface area (TPSA) is 71.5 Å². The molecule has 0 bridgehead atoms. The van der Waals surface area contributed by atoms with Crippen LogP contribution in [-0.2, 0) is 9.59 Å². The number of nitrogens with zero attached hydrogens (tertiary/aromatic N) is 2. The van der Waals surface area contributed by atoms with E-state index in [0.29, 0.717) is 22.5 Å². The van der Waals surface area contributed by atoms with Crippen LogP contribution in [0.4, 0.5) is 10.8 Å². The van der Waals surface area contributed by atoms with Crippen LogP contribution in [0, 0.1) is 0 Å². The van der Waals surface area contributed by atoms with Crippen molar-refractivity contribution in [3.05, 3.63) is 59.5 Å². The Hall–Kier alpha value is -3.19. The number of benzene rings is 2. The fraction of sp³-hybridized carbons (Fsp3) is 0.261. The molecular weight excluding hydrogens is 398 g/mol. The highest BCUT2D eigenvalue weighted by atomic mass is 32.1. The standard InChI is InChI=1S/C23H23N3O3S/c1-14(2)16-8-10-17(11-9-16)18-13-30-23(24-18)25-22(28)21-12-26(15(3)27)19-6-4-5-7-20(19)29-21/h4-11,13-14,21H,12H2,1-3H3,(H,24,25,28). The van der Waals surface area contributed by atoms with Gasteiger partial charge in [-0.3, -0.25) is 14.9 Å². The van der Waals surface area contributed by atoms with Gasteiger partial charge < -0.3 is 9.64 Å². The number of amides is 2. The van der Waals surface area contributed by atoms with Crippen molar-refractivity contribution in [2.45, 2.75) is 32.8 Å². The van der Waals surface area contributed by atoms with E-state index in [9.17, 15) is 9.59 Å². The van der Waals surface area contributed by atoms with Gasteiger partial charge in [-0.2, -0.15) is 0 Å². The van der Waals surface area contributed by atoms with Crippen molar-refractivity contribution in [3.8, 4) is 17.0 Å². The van der Waals surface area contributed by atoms with Crippen molar-refractivity contribution in [2.75, 3.05) is 16.8 Å². The molecule has 0 radical (unpaired) electrons. The van der Waals surface area contributed by atoms with E-state index in [-0.39, 0.29) is 18.4 Å². The van der Waals surface area contributed by atoms with Crippen molar-refractivity contribution in [1.82, 2.24) is 4.98 Å². The molecule has 0 aliphatic carbocycles. The van der Waals surface area contributed by atoms with Crippen LogP contribution in [0.25, 0.3) is 11.3 Å². The predicted octanol–water partition coefficient (Wildman–Crippen LogP) is 4.69. The lowest BCUT2D eigenvalue weighted by Gasteiger charge is -2.33. The highest BCUT2D eigenvalue weighted by Crippen LogP contribution is 2.33. The van der Waals surface area contributed by atoms with Gasteiger partial charge in [0.2, 0.25) is 5.91 Å². The summed E-state index contributed by atoms with van der Waals surface area (Å²) >= 11 is 1.36. The molecule has 0 saturated carbocycles. The number of rotatable bonds is 4. The van der Waals surface area contributed by atoms with E-state index in [4.69, 9.17) is 4.74 Å². The maximum Gasteiger partial charge on any atom is 0.269 e. The number of hydrogen-bond acceptors (Lipinski definition) is 5. The fourth-order valence-electron chi connectivity index (χ4n) is 3.36. The van der Waals surface area contributed by atoms with Crippen LogP contribution >= 0.6 is 11.3 Å². The first-order valence-electron chi connectivity index (χ1n) is 9.83. The third kappa shape index (κ3) is 4.07. The SMILES string of the molecule is CC(=O)N1CC(C(=O)Nc2nc(-c3ccc(C(C)C)cc3)cs2)Oc2ccccc21. The van der Waals surface area contributed by atoms with Gasteiger partial charge in [0.25, 0.3) is 5.91 Å². The minimum Gasteiger partial charge on any atom is -0.476 e. The molecule has 0 spiro atoms. The molecule has 1 aliphatic rings. The van der Waals surface area contributed by atoms with Crippen molar-refractivity contribution >= 4 is 34.0 Å². The maximum absolute atomic E-state index is 12.8. The van der Waals surface area contributed by atoms with Gasteiger partial charge in [0, 0.05) is 17.9 Å². The molecule has 3 aromatic rings. The van der Waals surface area contributed by atoms with E-state index in [1.54, 1.807) is 11.0 Å². The minimum absolute atomic E-state index is 0.134. The fourth-order valence-corrected chi connectivity index (χ4v) is 4.08. The van der Waals surface area contributed by atoms with Gasteiger partial charge in [0.15, 0.2) is 11.2 Å². The van der Waals surface area contributed by atoms with Gasteiger partial charge in [0.1, 0.15) is 5.75 Å². The number of carbonyl (C=O) groups excluding carboxylic acids is 2. The molecule has 4 rings (SSSR count). The van der Waals surface area contributed by atoms with Crippen molar-refractivity contribution in [3.63, 3.8) is 0 Å². The second kappa shape index (κ2) is 8.28. The summed E-state index contributed by atoms with van der Waals surface area (Å²) in [6, 6.07) is 15.5. The Balaban J connectivity index is 1.48. The number of ether oxygens (including phenoxy) is 1. The summed E-state index contributed by atoms with van der Waals surface area (Å²) in [4.78, 5) is 30.9. The van der Waals surface area contributed by atoms with E-state index in [1.807, 2.05) is 35.7 Å². The molecule has 2 aromatic carbocycles. The molecule has 0 fully saturated rings. The Morgan fingerprint density at radius 3 is 2.60 bits per heavy atom. The van der Waals surface area contributed by atoms with Gasteiger partial charge >= 0.3 is 0 Å². The summed E-state index contributed by atoms with van der Waals surface area (Å²) in [5, 5.41) is 5.24. The molecule has 0 saturated heterocycles. The molecular formula is C23H23N3O3S. The third-order valence-corrected chi connectivity index (χ3v) is 5.81. The maximum atomic E-state index is 12.8. The quantitative estimate of drug-likeness (QED) is 0.664. The lowest BCUT2D eigenvalue weighted by molar-refractivity contribution is -0.123. The van der Waals surface area contributed by atoms with E-state index in [1.165, 1.54) is 23.8 Å². The summed E-state index contributed by atoms with van der Waals surface area (Å²) in [6.07, 6.45) is -0.804. The van der Waals surface area contributed by atoms with Gasteiger partial charge in [-0.15, -0.1) is 11.3 Å². The second-order valence-electron chi connectivity index (χ2n) is 7.51. The average molecular weight is 422 g/mol. The number of anilines is 2. The van der Waals surface area contributed by atoms with Gasteiger partial charge in [-0.05, 0) is 23.6 Å². The number of carbonyl (C=O) groups is 2. The zero-order chi connectivity index (χ0) is 21.3. The summed E-state index contributed by atoms with van der Waals surface area (Å²) in [5.41, 5.74) is 3.76. The van der Waals surface area contributed by atoms with Crippen LogP contribution in [-0.4, -0.2) is 29.4 Å². The van der Waals surface area contributed by atoms with Crippen LogP contribution in [0.3, 0.4) is 0 Å². The van der Waals surface area contributed by atoms with Gasteiger partial charge in [-0.1, -0.05) is 50.2 Å². The lowest BCUT2D eigenvalue weighted by Crippen LogP contribution is -2.48. The molecule has 2 heterocycles. The Morgan fingerprint density at radius 1 is 1.17 bits per heavy atom. The molecule has 30 heavy (non-hydrogen) atoms. The zero-order valence-corrected chi connectivity index (χ0v) is 17.9. The first-order chi connectivity index (χ1) is 14.4. The molecule has 7 heteroatoms. The molecule has 1 aromatic heterocycles. The number of hydrogen-bond donors (Lipinski definition) is 1. The minimum atomic E-state index is -0.804. The average Bonchev–Trinajstić information content (AvgIpc) is 3.21. The van der Waals surface area contributed by atoms with E-state index in [2.05, 4.69) is 36.3 Å². The van der Waals surface area contributed by atoms with E-state index >= 15 is 0 Å². The third-order valence-electron chi connectivity index (χ3n) is 5.05. The zero-order valence-electron chi connectivity index (χ0n) is 17.1. The molecule has 1 unspecified atom stereocenters. The Morgan fingerprint density at radius 2 is 1.90 bits per heavy atom. The van der Waals surface area contributed by atoms with Gasteiger partial charge in [0.05, 0.1) is 17.9 Å². The number of thiazole rings is 1. The number of fused-ring (bicyclic) bond motifs is 1. The van der Waals surface area contributed by atoms with E-state index in [0.717, 1.165) is 11.3 Å². The largest absolute Gasteiger partial charge is 0.476 e. The van der Waals surface area contributed by atoms with Crippen LogP contribution in [0.15, 0.2) is 53.9 Å². The summed E-state index contributed by atoms with van der Waals surface area (Å²) in [6.45, 7) is 5.96. The van der Waals surface area contributed by atoms with E-state index < -0.39 is 6.10 Å². The van der Waals surface area contributed by atoms with Crippen molar-refractivity contribution in [2.24, 2.45) is 0 Å². The lowest BCUT2D eigenvalue weighted by atomic mass is 10.0. The van der Waals surface area contributed by atoms with Crippen LogP contribution in [0.1, 0.15) is 32.3 Å². The predicted molar refractivity (Wildman–Crippen MR) is 119 cm³/mol. The highest BCUT2D eigenvalue weighted by molar-refractivity contribution is 7.14. The first-order valence-corrected chi connectivity index (χ1v) is 10.7. The summed E-state index contributed by atoms with van der Waals surface area (Å²) < 4.78 is 5.84. The monoisotopic (exact) mass is 421 g/mol. The van der Waals surface area contributed by atoms with Crippen molar-refractivity contribution in [1.29, 1.82) is 0 Å². The molecule has 1 N–H and O–H groups in total. The first kappa shape index (κ1) is 20.1. The van der Waals surface area contributed by atoms with Crippen LogP contribution < -0.4 is 15.0 Å². The molecule has 6 nitrogen and oxygen atoms in total. The second-order valence-corrected chi connectivity index (χ2v) is 8.37. The number of nitrogens with one attached hydrogen (secondary N) is 1. The highest BCUT2D eigenvalue weighted by Gasteiger charge is 2.32. The summed E-state index contributed by atoms with van der Waals surface area (Å²) in [7, 11) is 0. The Labute approximate surface area is 179 Å². The molecule has 154 valence electrons. The Bertz CT molecular complexity index is 1080. The summed E-state index contributed by atoms with van der Waals surface area (Å²) in [5.74, 6) is 0.528. The smallest absolute Gasteiger partial charge is 0.269 e. The molecule has 2 amide bonds. The Kier molecular flexibility index (Phi) is 5.55.